The van der Waals surface area contributed by atoms with Crippen molar-refractivity contribution in [3.05, 3.63) is 35.9 Å². The molecule has 1 N–H and O–H groups in total. The van der Waals surface area contributed by atoms with Gasteiger partial charge in [-0.1, -0.05) is 37.3 Å². The van der Waals surface area contributed by atoms with E-state index in [-0.39, 0.29) is 18.9 Å². The van der Waals surface area contributed by atoms with Gasteiger partial charge in [0, 0.05) is 0 Å². The lowest BCUT2D eigenvalue weighted by molar-refractivity contribution is -0.148. The highest BCUT2D eigenvalue weighted by Gasteiger charge is 2.15. The average molecular weight is 293 g/mol. The normalized spacial score (nSPS) is 11.3. The van der Waals surface area contributed by atoms with Crippen molar-refractivity contribution in [3.8, 4) is 0 Å². The number of ether oxygens (including phenoxy) is 2. The lowest BCUT2D eigenvalue weighted by Gasteiger charge is -2.11. The van der Waals surface area contributed by atoms with Gasteiger partial charge < -0.3 is 9.47 Å². The predicted molar refractivity (Wildman–Crippen MR) is 75.6 cm³/mol. The summed E-state index contributed by atoms with van der Waals surface area (Å²) in [6.07, 6.45) is -0.687. The number of amides is 2. The quantitative estimate of drug-likeness (QED) is 0.811. The molecule has 0 bridgehead atoms. The molecule has 0 fully saturated rings. The van der Waals surface area contributed by atoms with Crippen LogP contribution in [-0.2, 0) is 19.1 Å². The van der Waals surface area contributed by atoms with Crippen LogP contribution in [0.15, 0.2) is 30.3 Å². The van der Waals surface area contributed by atoms with Crippen LogP contribution >= 0.6 is 0 Å². The third-order valence-corrected chi connectivity index (χ3v) is 2.72. The number of esters is 1. The molecule has 0 saturated carbocycles. The van der Waals surface area contributed by atoms with Crippen molar-refractivity contribution in [1.29, 1.82) is 0 Å². The van der Waals surface area contributed by atoms with Gasteiger partial charge in [-0.25, -0.2) is 4.79 Å². The lowest BCUT2D eigenvalue weighted by atomic mass is 9.98. The van der Waals surface area contributed by atoms with Gasteiger partial charge in [-0.05, 0) is 18.4 Å². The zero-order chi connectivity index (χ0) is 15.7. The fourth-order valence-electron chi connectivity index (χ4n) is 1.67. The molecule has 0 heterocycles. The maximum atomic E-state index is 11.6. The van der Waals surface area contributed by atoms with Crippen LogP contribution in [0.1, 0.15) is 31.7 Å². The summed E-state index contributed by atoms with van der Waals surface area (Å²) in [6, 6.07) is 9.53. The third-order valence-electron chi connectivity index (χ3n) is 2.72. The van der Waals surface area contributed by atoms with Crippen LogP contribution < -0.4 is 5.32 Å². The van der Waals surface area contributed by atoms with Gasteiger partial charge in [0.05, 0.1) is 13.0 Å². The zero-order valence-corrected chi connectivity index (χ0v) is 12.1. The number of benzene rings is 1. The SMILES string of the molecule is CCOC(=O)NC(=O)COC(=O)C[C@H](C)c1ccccc1. The number of hydrogen-bond donors (Lipinski definition) is 1. The predicted octanol–water partition coefficient (Wildman–Crippen LogP) is 2.00. The zero-order valence-electron chi connectivity index (χ0n) is 12.1. The first-order chi connectivity index (χ1) is 10.0. The van der Waals surface area contributed by atoms with Crippen LogP contribution in [0.25, 0.3) is 0 Å². The molecule has 0 aliphatic rings. The standard InChI is InChI=1S/C15H19NO5/c1-3-20-15(19)16-13(17)10-21-14(18)9-11(2)12-7-5-4-6-8-12/h4-8,11H,3,9-10H2,1-2H3,(H,16,17,19)/t11-/m0/s1. The molecule has 6 heteroatoms. The van der Waals surface area contributed by atoms with Crippen molar-refractivity contribution in [2.45, 2.75) is 26.2 Å². The van der Waals surface area contributed by atoms with E-state index in [0.29, 0.717) is 0 Å². The number of nitrogens with one attached hydrogen (secondary N) is 1. The highest BCUT2D eigenvalue weighted by molar-refractivity contribution is 5.93. The molecule has 1 rings (SSSR count). The minimum atomic E-state index is -0.851. The summed E-state index contributed by atoms with van der Waals surface area (Å²) in [6.45, 7) is 3.18. The molecule has 0 aromatic heterocycles. The van der Waals surface area contributed by atoms with Gasteiger partial charge in [0.15, 0.2) is 6.61 Å². The van der Waals surface area contributed by atoms with Gasteiger partial charge in [-0.2, -0.15) is 0 Å². The summed E-state index contributed by atoms with van der Waals surface area (Å²) in [5, 5.41) is 1.94. The minimum absolute atomic E-state index is 0.00758. The Morgan fingerprint density at radius 2 is 1.81 bits per heavy atom. The average Bonchev–Trinajstić information content (AvgIpc) is 2.46. The van der Waals surface area contributed by atoms with Gasteiger partial charge in [-0.3, -0.25) is 14.9 Å². The second kappa shape index (κ2) is 8.73. The van der Waals surface area contributed by atoms with Crippen molar-refractivity contribution in [2.24, 2.45) is 0 Å². The Kier molecular flexibility index (Phi) is 6.94. The first kappa shape index (κ1) is 16.7. The number of rotatable bonds is 6. The summed E-state index contributed by atoms with van der Waals surface area (Å²) in [5.41, 5.74) is 1.02. The Morgan fingerprint density at radius 3 is 2.43 bits per heavy atom. The van der Waals surface area contributed by atoms with Gasteiger partial charge in [0.25, 0.3) is 5.91 Å². The lowest BCUT2D eigenvalue weighted by Crippen LogP contribution is -2.34. The van der Waals surface area contributed by atoms with Gasteiger partial charge >= 0.3 is 12.1 Å². The van der Waals surface area contributed by atoms with Crippen molar-refractivity contribution in [1.82, 2.24) is 5.32 Å². The molecule has 0 spiro atoms. The molecule has 0 radical (unpaired) electrons. The fraction of sp³-hybridized carbons (Fsp3) is 0.400. The van der Waals surface area contributed by atoms with Gasteiger partial charge in [0.2, 0.25) is 0 Å². The Balaban J connectivity index is 2.31. The summed E-state index contributed by atoms with van der Waals surface area (Å²) in [4.78, 5) is 33.9. The molecule has 0 aliphatic heterocycles. The van der Waals surface area contributed by atoms with Crippen LogP contribution in [0, 0.1) is 0 Å². The minimum Gasteiger partial charge on any atom is -0.456 e. The maximum absolute atomic E-state index is 11.6. The van der Waals surface area contributed by atoms with E-state index in [4.69, 9.17) is 4.74 Å². The Bertz CT molecular complexity index is 486. The second-order valence-electron chi connectivity index (χ2n) is 4.45. The largest absolute Gasteiger partial charge is 0.456 e. The number of hydrogen-bond acceptors (Lipinski definition) is 5. The fourth-order valence-corrected chi connectivity index (χ4v) is 1.67. The molecule has 21 heavy (non-hydrogen) atoms. The van der Waals surface area contributed by atoms with E-state index >= 15 is 0 Å². The first-order valence-corrected chi connectivity index (χ1v) is 6.70. The van der Waals surface area contributed by atoms with Crippen LogP contribution in [-0.4, -0.2) is 31.2 Å². The van der Waals surface area contributed by atoms with E-state index in [1.807, 2.05) is 42.6 Å². The third kappa shape index (κ3) is 6.56. The maximum Gasteiger partial charge on any atom is 0.413 e. The van der Waals surface area contributed by atoms with E-state index in [9.17, 15) is 14.4 Å². The Labute approximate surface area is 123 Å². The molecule has 1 atom stereocenters. The van der Waals surface area contributed by atoms with E-state index in [1.54, 1.807) is 6.92 Å². The van der Waals surface area contributed by atoms with E-state index in [1.165, 1.54) is 0 Å². The number of carbonyl (C=O) groups is 3. The van der Waals surface area contributed by atoms with Crippen molar-refractivity contribution >= 4 is 18.0 Å². The molecular weight excluding hydrogens is 274 g/mol. The molecule has 114 valence electrons. The molecule has 1 aromatic carbocycles. The second-order valence-corrected chi connectivity index (χ2v) is 4.45. The van der Waals surface area contributed by atoms with E-state index < -0.39 is 24.6 Å². The van der Waals surface area contributed by atoms with Crippen LogP contribution in [0.5, 0.6) is 0 Å². The van der Waals surface area contributed by atoms with Crippen LogP contribution in [0.4, 0.5) is 4.79 Å². The summed E-state index contributed by atoms with van der Waals surface area (Å²) >= 11 is 0. The highest BCUT2D eigenvalue weighted by atomic mass is 16.6. The number of imide groups is 1. The van der Waals surface area contributed by atoms with Crippen LogP contribution in [0.3, 0.4) is 0 Å². The van der Waals surface area contributed by atoms with Crippen LogP contribution in [0.2, 0.25) is 0 Å². The Morgan fingerprint density at radius 1 is 1.14 bits per heavy atom. The summed E-state index contributed by atoms with van der Waals surface area (Å²) in [5.74, 6) is -1.22. The van der Waals surface area contributed by atoms with Gasteiger partial charge in [0.1, 0.15) is 0 Å². The Hall–Kier alpha value is -2.37. The summed E-state index contributed by atoms with van der Waals surface area (Å²) in [7, 11) is 0. The number of carbonyl (C=O) groups excluding carboxylic acids is 3. The monoisotopic (exact) mass is 293 g/mol. The molecular formula is C15H19NO5. The van der Waals surface area contributed by atoms with Gasteiger partial charge in [-0.15, -0.1) is 0 Å². The summed E-state index contributed by atoms with van der Waals surface area (Å²) < 4.78 is 9.35. The molecule has 6 nitrogen and oxygen atoms in total. The van der Waals surface area contributed by atoms with E-state index in [2.05, 4.69) is 4.74 Å². The van der Waals surface area contributed by atoms with Crippen molar-refractivity contribution in [3.63, 3.8) is 0 Å². The molecule has 1 aromatic rings. The first-order valence-electron chi connectivity index (χ1n) is 6.70. The highest BCUT2D eigenvalue weighted by Crippen LogP contribution is 2.18. The smallest absolute Gasteiger partial charge is 0.413 e. The van der Waals surface area contributed by atoms with E-state index in [0.717, 1.165) is 5.56 Å². The van der Waals surface area contributed by atoms with Crippen molar-refractivity contribution in [2.75, 3.05) is 13.2 Å². The topological polar surface area (TPSA) is 81.7 Å². The van der Waals surface area contributed by atoms with Crippen molar-refractivity contribution < 1.29 is 23.9 Å². The molecule has 2 amide bonds. The molecule has 0 aliphatic carbocycles. The number of alkyl carbamates (subject to hydrolysis) is 1. The molecule has 0 saturated heterocycles. The molecule has 0 unspecified atom stereocenters.